The van der Waals surface area contributed by atoms with Crippen molar-refractivity contribution >= 4 is 5.84 Å². The van der Waals surface area contributed by atoms with Crippen LogP contribution in [0.2, 0.25) is 0 Å². The summed E-state index contributed by atoms with van der Waals surface area (Å²) in [5, 5.41) is 0. The highest BCUT2D eigenvalue weighted by Crippen LogP contribution is 2.24. The van der Waals surface area contributed by atoms with Crippen molar-refractivity contribution in [1.82, 2.24) is 4.90 Å². The number of aliphatic imine (C=N–C) groups is 1. The monoisotopic (exact) mass is 180 g/mol. The summed E-state index contributed by atoms with van der Waals surface area (Å²) in [6.45, 7) is 4.48. The van der Waals surface area contributed by atoms with Crippen molar-refractivity contribution < 1.29 is 0 Å². The fraction of sp³-hybridized carbons (Fsp3) is 0.909. The summed E-state index contributed by atoms with van der Waals surface area (Å²) in [6, 6.07) is 0.817. The molecule has 0 aromatic heterocycles. The predicted octanol–water partition coefficient (Wildman–Crippen LogP) is 2.44. The lowest BCUT2D eigenvalue weighted by molar-refractivity contribution is 0.233. The van der Waals surface area contributed by atoms with Crippen LogP contribution in [0.5, 0.6) is 0 Å². The average Bonchev–Trinajstić information content (AvgIpc) is 2.20. The van der Waals surface area contributed by atoms with Crippen molar-refractivity contribution in [1.29, 1.82) is 0 Å². The SMILES string of the molecule is CC1=NCCCN1C1CCCCC1. The first-order valence-electron chi connectivity index (χ1n) is 5.65. The minimum Gasteiger partial charge on any atom is -0.358 e. The van der Waals surface area contributed by atoms with Gasteiger partial charge in [0.2, 0.25) is 0 Å². The van der Waals surface area contributed by atoms with Crippen molar-refractivity contribution in [3.8, 4) is 0 Å². The Bertz CT molecular complexity index is 192. The number of amidine groups is 1. The quantitative estimate of drug-likeness (QED) is 0.605. The van der Waals surface area contributed by atoms with E-state index in [0.29, 0.717) is 0 Å². The standard InChI is InChI=1S/C11H20N2/c1-10-12-8-5-9-13(10)11-6-3-2-4-7-11/h11H,2-9H2,1H3. The number of hydrogen-bond acceptors (Lipinski definition) is 2. The fourth-order valence-electron chi connectivity index (χ4n) is 2.57. The maximum absolute atomic E-state index is 4.53. The first kappa shape index (κ1) is 9.04. The van der Waals surface area contributed by atoms with Gasteiger partial charge in [0.05, 0.1) is 5.84 Å². The topological polar surface area (TPSA) is 15.6 Å². The van der Waals surface area contributed by atoms with Crippen molar-refractivity contribution in [3.63, 3.8) is 0 Å². The maximum Gasteiger partial charge on any atom is 0.0960 e. The molecule has 13 heavy (non-hydrogen) atoms. The number of rotatable bonds is 1. The molecule has 2 heteroatoms. The molecule has 0 spiro atoms. The molecule has 0 bridgehead atoms. The van der Waals surface area contributed by atoms with Crippen LogP contribution in [0.3, 0.4) is 0 Å². The van der Waals surface area contributed by atoms with E-state index in [1.54, 1.807) is 0 Å². The average molecular weight is 180 g/mol. The van der Waals surface area contributed by atoms with E-state index in [9.17, 15) is 0 Å². The molecule has 74 valence electrons. The van der Waals surface area contributed by atoms with E-state index in [2.05, 4.69) is 16.8 Å². The summed E-state index contributed by atoms with van der Waals surface area (Å²) < 4.78 is 0. The maximum atomic E-state index is 4.53. The van der Waals surface area contributed by atoms with Crippen LogP contribution in [-0.4, -0.2) is 29.9 Å². The Morgan fingerprint density at radius 3 is 2.62 bits per heavy atom. The first-order valence-corrected chi connectivity index (χ1v) is 5.65. The molecule has 0 N–H and O–H groups in total. The van der Waals surface area contributed by atoms with E-state index in [1.165, 1.54) is 50.9 Å². The molecule has 0 radical (unpaired) electrons. The van der Waals surface area contributed by atoms with Crippen LogP contribution in [0.4, 0.5) is 0 Å². The lowest BCUT2D eigenvalue weighted by atomic mass is 9.93. The van der Waals surface area contributed by atoms with Gasteiger partial charge in [-0.05, 0) is 26.2 Å². The summed E-state index contributed by atoms with van der Waals surface area (Å²) in [5.41, 5.74) is 0. The molecule has 1 saturated carbocycles. The summed E-state index contributed by atoms with van der Waals surface area (Å²) in [7, 11) is 0. The third-order valence-electron chi connectivity index (χ3n) is 3.33. The molecule has 1 aliphatic carbocycles. The minimum absolute atomic E-state index is 0.817. The molecule has 0 saturated heterocycles. The Balaban J connectivity index is 1.97. The van der Waals surface area contributed by atoms with Gasteiger partial charge in [-0.3, -0.25) is 4.99 Å². The summed E-state index contributed by atoms with van der Waals surface area (Å²) in [5.74, 6) is 1.29. The van der Waals surface area contributed by atoms with Gasteiger partial charge in [-0.25, -0.2) is 0 Å². The third-order valence-corrected chi connectivity index (χ3v) is 3.33. The van der Waals surface area contributed by atoms with Gasteiger partial charge in [0.25, 0.3) is 0 Å². The zero-order valence-electron chi connectivity index (χ0n) is 8.63. The van der Waals surface area contributed by atoms with E-state index in [0.717, 1.165) is 12.6 Å². The van der Waals surface area contributed by atoms with Gasteiger partial charge in [-0.2, -0.15) is 0 Å². The molecule has 0 unspecified atom stereocenters. The third kappa shape index (κ3) is 2.04. The molecule has 0 aromatic carbocycles. The van der Waals surface area contributed by atoms with Gasteiger partial charge in [-0.15, -0.1) is 0 Å². The first-order chi connectivity index (χ1) is 6.38. The number of hydrogen-bond donors (Lipinski definition) is 0. The lowest BCUT2D eigenvalue weighted by Crippen LogP contribution is -2.43. The van der Waals surface area contributed by atoms with Crippen molar-refractivity contribution in [2.45, 2.75) is 51.5 Å². The molecule has 0 aromatic rings. The van der Waals surface area contributed by atoms with Crippen molar-refractivity contribution in [2.75, 3.05) is 13.1 Å². The van der Waals surface area contributed by atoms with Crippen LogP contribution in [0, 0.1) is 0 Å². The normalized spacial score (nSPS) is 25.9. The van der Waals surface area contributed by atoms with Gasteiger partial charge >= 0.3 is 0 Å². The second-order valence-corrected chi connectivity index (χ2v) is 4.27. The van der Waals surface area contributed by atoms with Crippen LogP contribution < -0.4 is 0 Å². The summed E-state index contributed by atoms with van der Waals surface area (Å²) in [6.07, 6.45) is 8.34. The number of nitrogens with zero attached hydrogens (tertiary/aromatic N) is 2. The van der Waals surface area contributed by atoms with Gasteiger partial charge < -0.3 is 4.90 Å². The predicted molar refractivity (Wildman–Crippen MR) is 56.2 cm³/mol. The zero-order chi connectivity index (χ0) is 9.10. The van der Waals surface area contributed by atoms with Crippen LogP contribution in [0.25, 0.3) is 0 Å². The lowest BCUT2D eigenvalue weighted by Gasteiger charge is -2.37. The Morgan fingerprint density at radius 1 is 1.15 bits per heavy atom. The van der Waals surface area contributed by atoms with E-state index >= 15 is 0 Å². The Morgan fingerprint density at radius 2 is 1.92 bits per heavy atom. The molecule has 0 atom stereocenters. The highest BCUT2D eigenvalue weighted by Gasteiger charge is 2.22. The summed E-state index contributed by atoms with van der Waals surface area (Å²) >= 11 is 0. The van der Waals surface area contributed by atoms with E-state index in [-0.39, 0.29) is 0 Å². The zero-order valence-corrected chi connectivity index (χ0v) is 8.63. The molecule has 1 heterocycles. The fourth-order valence-corrected chi connectivity index (χ4v) is 2.57. The van der Waals surface area contributed by atoms with Gasteiger partial charge in [0, 0.05) is 19.1 Å². The molecule has 1 fully saturated rings. The second kappa shape index (κ2) is 4.12. The molecule has 2 aliphatic rings. The highest BCUT2D eigenvalue weighted by atomic mass is 15.2. The van der Waals surface area contributed by atoms with Gasteiger partial charge in [0.1, 0.15) is 0 Å². The Kier molecular flexibility index (Phi) is 2.87. The Hall–Kier alpha value is -0.530. The Labute approximate surface area is 81.0 Å². The largest absolute Gasteiger partial charge is 0.358 e. The minimum atomic E-state index is 0.817. The van der Waals surface area contributed by atoms with Crippen LogP contribution >= 0.6 is 0 Å². The smallest absolute Gasteiger partial charge is 0.0960 e. The van der Waals surface area contributed by atoms with Crippen molar-refractivity contribution in [2.24, 2.45) is 4.99 Å². The van der Waals surface area contributed by atoms with Crippen LogP contribution in [-0.2, 0) is 0 Å². The molecule has 2 nitrogen and oxygen atoms in total. The van der Waals surface area contributed by atoms with Gasteiger partial charge in [0.15, 0.2) is 0 Å². The molecular weight excluding hydrogens is 160 g/mol. The van der Waals surface area contributed by atoms with Gasteiger partial charge in [-0.1, -0.05) is 19.3 Å². The second-order valence-electron chi connectivity index (χ2n) is 4.27. The van der Waals surface area contributed by atoms with E-state index in [4.69, 9.17) is 0 Å². The van der Waals surface area contributed by atoms with Crippen molar-refractivity contribution in [3.05, 3.63) is 0 Å². The van der Waals surface area contributed by atoms with Crippen LogP contribution in [0.1, 0.15) is 45.4 Å². The highest BCUT2D eigenvalue weighted by molar-refractivity contribution is 5.80. The molecule has 0 amide bonds. The molecule has 1 aliphatic heterocycles. The van der Waals surface area contributed by atoms with E-state index < -0.39 is 0 Å². The summed E-state index contributed by atoms with van der Waals surface area (Å²) in [4.78, 5) is 7.07. The van der Waals surface area contributed by atoms with Crippen LogP contribution in [0.15, 0.2) is 4.99 Å². The molecular formula is C11H20N2. The molecule has 2 rings (SSSR count). The van der Waals surface area contributed by atoms with E-state index in [1.807, 2.05) is 0 Å².